The molecule has 70 valence electrons. The highest BCUT2D eigenvalue weighted by Gasteiger charge is 2.10. The average Bonchev–Trinajstić information content (AvgIpc) is 2.15. The van der Waals surface area contributed by atoms with E-state index in [2.05, 4.69) is 22.6 Å². The summed E-state index contributed by atoms with van der Waals surface area (Å²) in [4.78, 5) is 11.2. The molecule has 3 nitrogen and oxygen atoms in total. The molecule has 1 N–H and O–H groups in total. The Morgan fingerprint density at radius 3 is 2.77 bits per heavy atom. The lowest BCUT2D eigenvalue weighted by atomic mass is 10.2. The molecule has 0 unspecified atom stereocenters. The van der Waals surface area contributed by atoms with Crippen LogP contribution in [0.4, 0.5) is 0 Å². The largest absolute Gasteiger partial charge is 0.507 e. The first-order valence-corrected chi connectivity index (χ1v) is 5.29. The van der Waals surface area contributed by atoms with Gasteiger partial charge in [0.2, 0.25) is 0 Å². The van der Waals surface area contributed by atoms with Gasteiger partial charge in [-0.1, -0.05) is 34.7 Å². The summed E-state index contributed by atoms with van der Waals surface area (Å²) in [5, 5.41) is 9.28. The third-order valence-corrected chi connectivity index (χ3v) is 1.87. The topological polar surface area (TPSA) is 46.5 Å². The molecule has 0 saturated heterocycles. The third kappa shape index (κ3) is 2.87. The van der Waals surface area contributed by atoms with Crippen molar-refractivity contribution >= 4 is 28.6 Å². The van der Waals surface area contributed by atoms with Crippen molar-refractivity contribution in [2.75, 3.05) is 11.0 Å². The minimum atomic E-state index is -0.477. The molecule has 0 bridgehead atoms. The van der Waals surface area contributed by atoms with Crippen molar-refractivity contribution in [2.45, 2.75) is 0 Å². The predicted octanol–water partition coefficient (Wildman–Crippen LogP) is 1.98. The van der Waals surface area contributed by atoms with Gasteiger partial charge in [-0.2, -0.15) is 0 Å². The van der Waals surface area contributed by atoms with Crippen LogP contribution >= 0.6 is 22.6 Å². The Bertz CT molecular complexity index is 299. The van der Waals surface area contributed by atoms with Gasteiger partial charge in [0, 0.05) is 4.43 Å². The van der Waals surface area contributed by atoms with E-state index in [4.69, 9.17) is 4.74 Å². The zero-order valence-electron chi connectivity index (χ0n) is 6.87. The summed E-state index contributed by atoms with van der Waals surface area (Å²) in [6.07, 6.45) is 0. The van der Waals surface area contributed by atoms with Gasteiger partial charge in [-0.15, -0.1) is 0 Å². The monoisotopic (exact) mass is 292 g/mol. The molecule has 1 aromatic carbocycles. The van der Waals surface area contributed by atoms with E-state index in [0.717, 1.165) is 4.43 Å². The van der Waals surface area contributed by atoms with E-state index in [0.29, 0.717) is 6.61 Å². The predicted molar refractivity (Wildman–Crippen MR) is 57.3 cm³/mol. The summed E-state index contributed by atoms with van der Waals surface area (Å²) in [5.74, 6) is -0.518. The quantitative estimate of drug-likeness (QED) is 0.526. The number of esters is 1. The summed E-state index contributed by atoms with van der Waals surface area (Å²) in [5.41, 5.74) is 0.215. The Labute approximate surface area is 89.9 Å². The van der Waals surface area contributed by atoms with Crippen LogP contribution in [-0.4, -0.2) is 22.1 Å². The molecule has 0 aromatic heterocycles. The van der Waals surface area contributed by atoms with Crippen LogP contribution in [0.15, 0.2) is 24.3 Å². The fourth-order valence-electron chi connectivity index (χ4n) is 0.855. The molecule has 0 atom stereocenters. The van der Waals surface area contributed by atoms with E-state index in [1.807, 2.05) is 0 Å². The van der Waals surface area contributed by atoms with Crippen molar-refractivity contribution in [1.29, 1.82) is 0 Å². The second-order valence-corrected chi connectivity index (χ2v) is 3.42. The molecule has 0 aliphatic heterocycles. The highest BCUT2D eigenvalue weighted by Crippen LogP contribution is 2.16. The summed E-state index contributed by atoms with van der Waals surface area (Å²) in [6.45, 7) is 0.369. The van der Waals surface area contributed by atoms with Crippen LogP contribution in [0.5, 0.6) is 5.75 Å². The van der Waals surface area contributed by atoms with Crippen molar-refractivity contribution in [2.24, 2.45) is 0 Å². The van der Waals surface area contributed by atoms with Crippen LogP contribution in [0.1, 0.15) is 10.4 Å². The number of phenolic OH excluding ortho intramolecular Hbond substituents is 1. The van der Waals surface area contributed by atoms with Crippen LogP contribution < -0.4 is 0 Å². The maximum atomic E-state index is 11.2. The first-order chi connectivity index (χ1) is 6.25. The van der Waals surface area contributed by atoms with Crippen molar-refractivity contribution in [3.05, 3.63) is 29.8 Å². The molecule has 0 amide bonds. The number of halogens is 1. The Morgan fingerprint density at radius 1 is 1.46 bits per heavy atom. The number of hydrogen-bond acceptors (Lipinski definition) is 3. The second kappa shape index (κ2) is 5.06. The van der Waals surface area contributed by atoms with Crippen molar-refractivity contribution in [3.8, 4) is 5.75 Å². The first-order valence-electron chi connectivity index (χ1n) is 3.77. The van der Waals surface area contributed by atoms with E-state index < -0.39 is 5.97 Å². The molecule has 4 heteroatoms. The van der Waals surface area contributed by atoms with Gasteiger partial charge in [-0.05, 0) is 12.1 Å². The molecule has 0 radical (unpaired) electrons. The van der Waals surface area contributed by atoms with Crippen LogP contribution in [0.2, 0.25) is 0 Å². The van der Waals surface area contributed by atoms with Gasteiger partial charge in [-0.3, -0.25) is 0 Å². The number of ether oxygens (including phenoxy) is 1. The molecule has 1 aromatic rings. The number of rotatable bonds is 3. The smallest absolute Gasteiger partial charge is 0.341 e. The SMILES string of the molecule is O=C(OCCI)c1ccccc1O. The molecule has 0 aliphatic rings. The van der Waals surface area contributed by atoms with Gasteiger partial charge < -0.3 is 9.84 Å². The summed E-state index contributed by atoms with van der Waals surface area (Å²) in [6, 6.07) is 6.33. The number of benzene rings is 1. The fourth-order valence-corrected chi connectivity index (χ4v) is 1.08. The van der Waals surface area contributed by atoms with Crippen LogP contribution in [-0.2, 0) is 4.74 Å². The summed E-state index contributed by atoms with van der Waals surface area (Å²) >= 11 is 2.11. The number of phenols is 1. The van der Waals surface area contributed by atoms with Crippen LogP contribution in [0, 0.1) is 0 Å². The minimum Gasteiger partial charge on any atom is -0.507 e. The highest BCUT2D eigenvalue weighted by molar-refractivity contribution is 14.1. The lowest BCUT2D eigenvalue weighted by Crippen LogP contribution is -2.06. The number of para-hydroxylation sites is 1. The summed E-state index contributed by atoms with van der Waals surface area (Å²) < 4.78 is 5.60. The van der Waals surface area contributed by atoms with Crippen LogP contribution in [0.3, 0.4) is 0 Å². The molecule has 13 heavy (non-hydrogen) atoms. The second-order valence-electron chi connectivity index (χ2n) is 2.34. The molecule has 0 aliphatic carbocycles. The van der Waals surface area contributed by atoms with Gasteiger partial charge in [0.05, 0.1) is 0 Å². The summed E-state index contributed by atoms with van der Waals surface area (Å²) in [7, 11) is 0. The Balaban J connectivity index is 2.71. The maximum Gasteiger partial charge on any atom is 0.341 e. The third-order valence-electron chi connectivity index (χ3n) is 1.43. The number of hydrogen-bond donors (Lipinski definition) is 1. The number of aromatic hydroxyl groups is 1. The highest BCUT2D eigenvalue weighted by atomic mass is 127. The van der Waals surface area contributed by atoms with Gasteiger partial charge in [0.25, 0.3) is 0 Å². The Hall–Kier alpha value is -0.780. The van der Waals surface area contributed by atoms with E-state index in [1.54, 1.807) is 12.1 Å². The standard InChI is InChI=1S/C9H9IO3/c10-5-6-13-9(12)7-3-1-2-4-8(7)11/h1-4,11H,5-6H2. The Morgan fingerprint density at radius 2 is 2.15 bits per heavy atom. The van der Waals surface area contributed by atoms with Crippen molar-refractivity contribution < 1.29 is 14.6 Å². The normalized spacial score (nSPS) is 9.62. The molecular formula is C9H9IO3. The van der Waals surface area contributed by atoms with Crippen molar-refractivity contribution in [3.63, 3.8) is 0 Å². The van der Waals surface area contributed by atoms with E-state index >= 15 is 0 Å². The average molecular weight is 292 g/mol. The van der Waals surface area contributed by atoms with Gasteiger partial charge in [0.1, 0.15) is 17.9 Å². The zero-order chi connectivity index (χ0) is 9.68. The van der Waals surface area contributed by atoms with Crippen molar-refractivity contribution in [1.82, 2.24) is 0 Å². The maximum absolute atomic E-state index is 11.2. The lowest BCUT2D eigenvalue weighted by molar-refractivity contribution is 0.0529. The number of carbonyl (C=O) groups is 1. The molecule has 0 fully saturated rings. The molecular weight excluding hydrogens is 283 g/mol. The van der Waals surface area contributed by atoms with Gasteiger partial charge >= 0.3 is 5.97 Å². The van der Waals surface area contributed by atoms with Crippen LogP contribution in [0.25, 0.3) is 0 Å². The first kappa shape index (κ1) is 10.3. The molecule has 0 spiro atoms. The minimum absolute atomic E-state index is 0.0408. The van der Waals surface area contributed by atoms with Gasteiger partial charge in [-0.25, -0.2) is 4.79 Å². The number of alkyl halides is 1. The Kier molecular flexibility index (Phi) is 4.01. The lowest BCUT2D eigenvalue weighted by Gasteiger charge is -2.03. The zero-order valence-corrected chi connectivity index (χ0v) is 9.02. The fraction of sp³-hybridized carbons (Fsp3) is 0.222. The van der Waals surface area contributed by atoms with E-state index in [-0.39, 0.29) is 11.3 Å². The van der Waals surface area contributed by atoms with Gasteiger partial charge in [0.15, 0.2) is 0 Å². The molecule has 0 saturated carbocycles. The van der Waals surface area contributed by atoms with E-state index in [1.165, 1.54) is 12.1 Å². The molecule has 0 heterocycles. The van der Waals surface area contributed by atoms with E-state index in [9.17, 15) is 9.90 Å². The molecule has 1 rings (SSSR count). The number of carbonyl (C=O) groups excluding carboxylic acids is 1.